The molecule has 1 unspecified atom stereocenters. The smallest absolute Gasteiger partial charge is 0.317 e. The van der Waals surface area contributed by atoms with E-state index in [1.54, 1.807) is 0 Å². The molecular formula is C23H32N6OS. The van der Waals surface area contributed by atoms with Crippen LogP contribution in [0, 0.1) is 5.92 Å². The van der Waals surface area contributed by atoms with E-state index in [1.807, 2.05) is 29.8 Å². The fourth-order valence-electron chi connectivity index (χ4n) is 5.42. The van der Waals surface area contributed by atoms with Gasteiger partial charge in [-0.15, -0.1) is 11.8 Å². The van der Waals surface area contributed by atoms with Crippen molar-refractivity contribution in [1.29, 1.82) is 0 Å². The number of hydrogen-bond donors (Lipinski definition) is 2. The average Bonchev–Trinajstić information content (AvgIpc) is 3.55. The minimum absolute atomic E-state index is 0.0254. The number of carbonyl (C=O) groups excluding carboxylic acids is 1. The highest BCUT2D eigenvalue weighted by molar-refractivity contribution is 7.99. The number of thioether (sulfide) groups is 1. The number of amides is 2. The number of carbonyl (C=O) groups is 1. The molecule has 0 radical (unpaired) electrons. The van der Waals surface area contributed by atoms with Gasteiger partial charge >= 0.3 is 6.03 Å². The number of anilines is 1. The first kappa shape index (κ1) is 20.7. The molecule has 0 bridgehead atoms. The van der Waals surface area contributed by atoms with E-state index in [4.69, 9.17) is 10.8 Å². The van der Waals surface area contributed by atoms with Crippen molar-refractivity contribution in [2.24, 2.45) is 5.92 Å². The van der Waals surface area contributed by atoms with Crippen molar-refractivity contribution >= 4 is 23.6 Å². The Morgan fingerprint density at radius 1 is 1.29 bits per heavy atom. The molecule has 7 nitrogen and oxygen atoms in total. The topological polar surface area (TPSA) is 89.1 Å². The maximum atomic E-state index is 12.3. The van der Waals surface area contributed by atoms with Gasteiger partial charge in [0.1, 0.15) is 5.82 Å². The van der Waals surface area contributed by atoms with Crippen LogP contribution in [-0.2, 0) is 12.0 Å². The fourth-order valence-corrected chi connectivity index (χ4v) is 6.58. The lowest BCUT2D eigenvalue weighted by molar-refractivity contribution is 0.206. The summed E-state index contributed by atoms with van der Waals surface area (Å²) in [4.78, 5) is 19.8. The Hall–Kier alpha value is -2.22. The molecule has 1 atom stereocenters. The Bertz CT molecular complexity index is 969. The van der Waals surface area contributed by atoms with Crippen molar-refractivity contribution in [3.05, 3.63) is 24.0 Å². The van der Waals surface area contributed by atoms with Crippen LogP contribution < -0.4 is 11.1 Å². The number of rotatable bonds is 5. The van der Waals surface area contributed by atoms with Crippen molar-refractivity contribution in [2.45, 2.75) is 62.3 Å². The van der Waals surface area contributed by atoms with Gasteiger partial charge in [-0.05, 0) is 50.7 Å². The van der Waals surface area contributed by atoms with E-state index in [1.165, 1.54) is 31.4 Å². The van der Waals surface area contributed by atoms with Crippen LogP contribution >= 0.6 is 11.8 Å². The largest absolute Gasteiger partial charge is 0.383 e. The van der Waals surface area contributed by atoms with E-state index in [0.29, 0.717) is 12.4 Å². The van der Waals surface area contributed by atoms with Gasteiger partial charge in [0.2, 0.25) is 0 Å². The van der Waals surface area contributed by atoms with Gasteiger partial charge in [0, 0.05) is 54.8 Å². The van der Waals surface area contributed by atoms with Crippen molar-refractivity contribution < 1.29 is 4.79 Å². The SMILES string of the molecule is CCNC(=O)N1CCC2(CCn3nc(-c4cnc(N)c(SCC5CCCC5)c4)cc32)C1. The molecule has 8 heteroatoms. The molecule has 1 aliphatic carbocycles. The Labute approximate surface area is 188 Å². The number of nitrogens with zero attached hydrogens (tertiary/aromatic N) is 4. The molecule has 4 heterocycles. The Morgan fingerprint density at radius 3 is 2.90 bits per heavy atom. The van der Waals surface area contributed by atoms with Crippen LogP contribution in [0.4, 0.5) is 10.6 Å². The number of nitrogens with one attached hydrogen (secondary N) is 1. The van der Waals surface area contributed by atoms with E-state index in [-0.39, 0.29) is 11.4 Å². The maximum Gasteiger partial charge on any atom is 0.317 e. The predicted octanol–water partition coefficient (Wildman–Crippen LogP) is 3.89. The summed E-state index contributed by atoms with van der Waals surface area (Å²) < 4.78 is 2.14. The second-order valence-electron chi connectivity index (χ2n) is 9.24. The number of aromatic nitrogens is 3. The first-order valence-corrected chi connectivity index (χ1v) is 12.6. The number of urea groups is 1. The van der Waals surface area contributed by atoms with Crippen molar-refractivity contribution in [1.82, 2.24) is 25.0 Å². The van der Waals surface area contributed by atoms with Gasteiger partial charge in [-0.25, -0.2) is 9.78 Å². The third-order valence-electron chi connectivity index (χ3n) is 7.22. The number of hydrogen-bond acceptors (Lipinski definition) is 5. The predicted molar refractivity (Wildman–Crippen MR) is 124 cm³/mol. The number of pyridine rings is 1. The van der Waals surface area contributed by atoms with Gasteiger partial charge in [0.25, 0.3) is 0 Å². The molecule has 2 aromatic rings. The van der Waals surface area contributed by atoms with Crippen LogP contribution in [-0.4, -0.2) is 51.1 Å². The summed E-state index contributed by atoms with van der Waals surface area (Å²) in [5.41, 5.74) is 9.45. The van der Waals surface area contributed by atoms with Gasteiger partial charge in [-0.3, -0.25) is 4.68 Å². The summed E-state index contributed by atoms with van der Waals surface area (Å²) in [6.07, 6.45) is 9.28. The van der Waals surface area contributed by atoms with Crippen LogP contribution in [0.1, 0.15) is 51.1 Å². The third-order valence-corrected chi connectivity index (χ3v) is 8.50. The van der Waals surface area contributed by atoms with Gasteiger partial charge in [0.15, 0.2) is 0 Å². The van der Waals surface area contributed by atoms with Gasteiger partial charge in [-0.2, -0.15) is 5.10 Å². The van der Waals surface area contributed by atoms with E-state index in [0.717, 1.165) is 60.3 Å². The lowest BCUT2D eigenvalue weighted by atomic mass is 9.82. The van der Waals surface area contributed by atoms with Crippen LogP contribution in [0.3, 0.4) is 0 Å². The number of fused-ring (bicyclic) bond motifs is 2. The molecular weight excluding hydrogens is 408 g/mol. The minimum atomic E-state index is 0.0254. The standard InChI is InChI=1S/C23H32N6OS/c1-2-25-22(30)28-9-7-23(15-28)8-10-29-20(23)12-18(27-29)17-11-19(21(24)26-13-17)31-14-16-5-3-4-6-16/h11-13,16H,2-10,14-15H2,1H3,(H2,24,26)(H,25,30). The summed E-state index contributed by atoms with van der Waals surface area (Å²) in [5.74, 6) is 2.54. The molecule has 31 heavy (non-hydrogen) atoms. The molecule has 3 N–H and O–H groups in total. The first-order valence-electron chi connectivity index (χ1n) is 11.6. The molecule has 2 fully saturated rings. The fraction of sp³-hybridized carbons (Fsp3) is 0.609. The first-order chi connectivity index (χ1) is 15.1. The summed E-state index contributed by atoms with van der Waals surface area (Å²) >= 11 is 1.84. The summed E-state index contributed by atoms with van der Waals surface area (Å²) in [6, 6.07) is 4.42. The number of likely N-dealkylation sites (tertiary alicyclic amines) is 1. The maximum absolute atomic E-state index is 12.3. The normalized spacial score (nSPS) is 23.1. The van der Waals surface area contributed by atoms with Gasteiger partial charge in [-0.1, -0.05) is 12.8 Å². The minimum Gasteiger partial charge on any atom is -0.383 e. The highest BCUT2D eigenvalue weighted by atomic mass is 32.2. The van der Waals surface area contributed by atoms with E-state index in [2.05, 4.69) is 27.1 Å². The molecule has 0 aromatic carbocycles. The van der Waals surface area contributed by atoms with Crippen LogP contribution in [0.2, 0.25) is 0 Å². The molecule has 2 aliphatic heterocycles. The highest BCUT2D eigenvalue weighted by Crippen LogP contribution is 2.44. The molecule has 5 rings (SSSR count). The molecule has 3 aliphatic rings. The molecule has 1 saturated carbocycles. The Kier molecular flexibility index (Phi) is 5.58. The van der Waals surface area contributed by atoms with Crippen LogP contribution in [0.15, 0.2) is 23.2 Å². The van der Waals surface area contributed by atoms with Gasteiger partial charge in [0.05, 0.1) is 10.6 Å². The second-order valence-corrected chi connectivity index (χ2v) is 10.3. The van der Waals surface area contributed by atoms with Crippen molar-refractivity contribution in [3.8, 4) is 11.3 Å². The zero-order valence-corrected chi connectivity index (χ0v) is 19.1. The Balaban J connectivity index is 1.35. The van der Waals surface area contributed by atoms with E-state index < -0.39 is 0 Å². The molecule has 1 saturated heterocycles. The van der Waals surface area contributed by atoms with Crippen LogP contribution in [0.5, 0.6) is 0 Å². The van der Waals surface area contributed by atoms with Gasteiger partial charge < -0.3 is 16.0 Å². The van der Waals surface area contributed by atoms with Crippen molar-refractivity contribution in [2.75, 3.05) is 31.1 Å². The van der Waals surface area contributed by atoms with E-state index in [9.17, 15) is 4.79 Å². The molecule has 2 aromatic heterocycles. The number of nitrogen functional groups attached to an aromatic ring is 1. The molecule has 2 amide bonds. The number of nitrogens with two attached hydrogens (primary N) is 1. The summed E-state index contributed by atoms with van der Waals surface area (Å²) in [6.45, 7) is 5.10. The van der Waals surface area contributed by atoms with E-state index >= 15 is 0 Å². The highest BCUT2D eigenvalue weighted by Gasteiger charge is 2.46. The van der Waals surface area contributed by atoms with Crippen LogP contribution in [0.25, 0.3) is 11.3 Å². The Morgan fingerprint density at radius 2 is 2.10 bits per heavy atom. The lowest BCUT2D eigenvalue weighted by Gasteiger charge is -2.23. The summed E-state index contributed by atoms with van der Waals surface area (Å²) in [7, 11) is 0. The quantitative estimate of drug-likeness (QED) is 0.689. The van der Waals surface area contributed by atoms with Crippen molar-refractivity contribution in [3.63, 3.8) is 0 Å². The summed E-state index contributed by atoms with van der Waals surface area (Å²) in [5, 5.41) is 7.84. The zero-order chi connectivity index (χ0) is 21.4. The lowest BCUT2D eigenvalue weighted by Crippen LogP contribution is -2.40. The molecule has 1 spiro atoms. The average molecular weight is 441 g/mol. The monoisotopic (exact) mass is 440 g/mol. The zero-order valence-electron chi connectivity index (χ0n) is 18.3. The number of aryl methyl sites for hydroxylation is 1. The second kappa shape index (κ2) is 8.37. The third kappa shape index (κ3) is 3.90. The molecule has 166 valence electrons.